The first-order valence-electron chi connectivity index (χ1n) is 18.6. The van der Waals surface area contributed by atoms with Crippen molar-refractivity contribution in [2.45, 2.75) is 32.5 Å². The van der Waals surface area contributed by atoms with E-state index in [1.165, 1.54) is 5.56 Å². The van der Waals surface area contributed by atoms with Crippen molar-refractivity contribution in [1.82, 2.24) is 5.32 Å². The van der Waals surface area contributed by atoms with Gasteiger partial charge in [-0.2, -0.15) is 0 Å². The molecule has 4 aromatic carbocycles. The van der Waals surface area contributed by atoms with Gasteiger partial charge in [0.2, 0.25) is 5.91 Å². The van der Waals surface area contributed by atoms with Crippen molar-refractivity contribution in [3.63, 3.8) is 0 Å². The predicted molar refractivity (Wildman–Crippen MR) is 208 cm³/mol. The van der Waals surface area contributed by atoms with Gasteiger partial charge in [-0.05, 0) is 58.9 Å². The van der Waals surface area contributed by atoms with Crippen molar-refractivity contribution in [3.05, 3.63) is 119 Å². The zero-order valence-electron chi connectivity index (χ0n) is 31.1. The fourth-order valence-electron chi connectivity index (χ4n) is 5.30. The highest BCUT2D eigenvalue weighted by Crippen LogP contribution is 2.30. The summed E-state index contributed by atoms with van der Waals surface area (Å²) in [6.45, 7) is 6.67. The number of benzene rings is 4. The van der Waals surface area contributed by atoms with Crippen LogP contribution in [0, 0.1) is 0 Å². The highest BCUT2D eigenvalue weighted by molar-refractivity contribution is 5.76. The zero-order valence-corrected chi connectivity index (χ0v) is 31.1. The fourth-order valence-corrected chi connectivity index (χ4v) is 5.30. The maximum absolute atomic E-state index is 12.3. The number of ether oxygens (including phenoxy) is 7. The molecule has 0 aliphatic carbocycles. The van der Waals surface area contributed by atoms with Crippen molar-refractivity contribution in [2.75, 3.05) is 79.2 Å². The van der Waals surface area contributed by atoms with Gasteiger partial charge in [-0.1, -0.05) is 78.9 Å². The second-order valence-corrected chi connectivity index (χ2v) is 12.3. The fraction of sp³-hybridized carbons (Fsp3) is 0.395. The molecule has 0 radical (unpaired) electrons. The molecule has 0 unspecified atom stereocenters. The number of hydrogen-bond acceptors (Lipinski definition) is 10. The topological polar surface area (TPSA) is 137 Å². The number of aldehydes is 1. The van der Waals surface area contributed by atoms with Crippen LogP contribution in [-0.2, 0) is 48.1 Å². The lowest BCUT2D eigenvalue weighted by Gasteiger charge is -2.14. The van der Waals surface area contributed by atoms with Crippen LogP contribution in [0.5, 0.6) is 11.5 Å². The molecule has 1 amide bonds. The molecular formula is C43H54N2O9. The van der Waals surface area contributed by atoms with Gasteiger partial charge in [0.15, 0.2) is 11.5 Å². The summed E-state index contributed by atoms with van der Waals surface area (Å²) in [5.74, 6) is 1.12. The number of nitrogens with one attached hydrogen (secondary N) is 1. The smallest absolute Gasteiger partial charge is 0.220 e. The molecule has 290 valence electrons. The van der Waals surface area contributed by atoms with Gasteiger partial charge in [0, 0.05) is 25.1 Å². The third kappa shape index (κ3) is 17.0. The molecule has 0 saturated carbocycles. The van der Waals surface area contributed by atoms with E-state index in [1.54, 1.807) is 18.2 Å². The number of carbonyl (C=O) groups excluding carboxylic acids is 2. The minimum Gasteiger partial charge on any atom is -0.485 e. The first kappa shape index (κ1) is 42.1. The average molecular weight is 743 g/mol. The van der Waals surface area contributed by atoms with E-state index in [0.717, 1.165) is 41.4 Å². The second-order valence-electron chi connectivity index (χ2n) is 12.3. The van der Waals surface area contributed by atoms with E-state index in [4.69, 9.17) is 38.9 Å². The Morgan fingerprint density at radius 1 is 0.574 bits per heavy atom. The summed E-state index contributed by atoms with van der Waals surface area (Å²) in [5.41, 5.74) is 11.3. The van der Waals surface area contributed by atoms with E-state index in [2.05, 4.69) is 41.7 Å². The van der Waals surface area contributed by atoms with Crippen LogP contribution in [0.2, 0.25) is 0 Å². The lowest BCUT2D eigenvalue weighted by atomic mass is 9.99. The molecular weight excluding hydrogens is 688 g/mol. The molecule has 4 rings (SSSR count). The van der Waals surface area contributed by atoms with E-state index >= 15 is 0 Å². The molecule has 0 saturated heterocycles. The SMILES string of the molecule is NCCOCCOCCOCCOCCOCCNC(=O)CCCc1cccc(-c2ccc(COc3ccc(C=O)cc3OCc3ccccc3)cc2)c1. The second kappa shape index (κ2) is 26.2. The highest BCUT2D eigenvalue weighted by Gasteiger charge is 2.09. The standard InChI is InChI=1S/C43H54N2O9/c44-18-20-48-22-24-50-26-28-52-29-27-51-25-23-49-21-19-45-43(47)11-5-9-35-8-4-10-40(30-35)39-15-12-37(13-16-39)34-53-41-17-14-38(32-46)31-42(41)54-33-36-6-2-1-3-7-36/h1-4,6-8,10,12-17,30-32H,5,9,11,18-29,33-34,44H2,(H,45,47). The molecule has 0 heterocycles. The molecule has 0 aromatic heterocycles. The van der Waals surface area contributed by atoms with Gasteiger partial charge in [0.25, 0.3) is 0 Å². The number of hydrogen-bond donors (Lipinski definition) is 2. The summed E-state index contributed by atoms with van der Waals surface area (Å²) in [4.78, 5) is 23.7. The summed E-state index contributed by atoms with van der Waals surface area (Å²) in [6, 6.07) is 31.7. The van der Waals surface area contributed by atoms with Gasteiger partial charge in [-0.15, -0.1) is 0 Å². The van der Waals surface area contributed by atoms with Crippen LogP contribution >= 0.6 is 0 Å². The molecule has 3 N–H and O–H groups in total. The van der Waals surface area contributed by atoms with Crippen LogP contribution in [0.15, 0.2) is 97.1 Å². The van der Waals surface area contributed by atoms with Gasteiger partial charge < -0.3 is 44.2 Å². The van der Waals surface area contributed by atoms with Crippen molar-refractivity contribution >= 4 is 12.2 Å². The van der Waals surface area contributed by atoms with Crippen molar-refractivity contribution in [3.8, 4) is 22.6 Å². The number of aryl methyl sites for hydroxylation is 1. The highest BCUT2D eigenvalue weighted by atomic mass is 16.6. The monoisotopic (exact) mass is 742 g/mol. The minimum atomic E-state index is 0.0163. The Balaban J connectivity index is 1.06. The van der Waals surface area contributed by atoms with Gasteiger partial charge in [-0.3, -0.25) is 9.59 Å². The van der Waals surface area contributed by atoms with Crippen LogP contribution in [0.1, 0.15) is 39.9 Å². The Kier molecular flexibility index (Phi) is 20.4. The molecule has 11 heteroatoms. The van der Waals surface area contributed by atoms with Crippen LogP contribution in [0.25, 0.3) is 11.1 Å². The Morgan fingerprint density at radius 3 is 1.81 bits per heavy atom. The summed E-state index contributed by atoms with van der Waals surface area (Å²) >= 11 is 0. The Hall–Kier alpha value is -4.62. The lowest BCUT2D eigenvalue weighted by molar-refractivity contribution is -0.121. The number of amides is 1. The van der Waals surface area contributed by atoms with E-state index in [-0.39, 0.29) is 5.91 Å². The van der Waals surface area contributed by atoms with E-state index in [1.807, 2.05) is 42.5 Å². The van der Waals surface area contributed by atoms with Gasteiger partial charge in [0.05, 0.1) is 66.1 Å². The Labute approximate surface area is 319 Å². The quantitative estimate of drug-likeness (QED) is 0.0519. The maximum atomic E-state index is 12.3. The van der Waals surface area contributed by atoms with Crippen LogP contribution < -0.4 is 20.5 Å². The van der Waals surface area contributed by atoms with Crippen molar-refractivity contribution in [2.24, 2.45) is 5.73 Å². The first-order valence-corrected chi connectivity index (χ1v) is 18.6. The lowest BCUT2D eigenvalue weighted by Crippen LogP contribution is -2.27. The molecule has 0 spiro atoms. The first-order chi connectivity index (χ1) is 26.6. The van der Waals surface area contributed by atoms with Crippen molar-refractivity contribution < 1.29 is 42.7 Å². The zero-order chi connectivity index (χ0) is 37.9. The molecule has 11 nitrogen and oxygen atoms in total. The maximum Gasteiger partial charge on any atom is 0.220 e. The van der Waals surface area contributed by atoms with E-state index < -0.39 is 0 Å². The number of nitrogens with two attached hydrogens (primary N) is 1. The summed E-state index contributed by atoms with van der Waals surface area (Å²) in [7, 11) is 0. The molecule has 0 aliphatic heterocycles. The van der Waals surface area contributed by atoms with Crippen LogP contribution in [0.4, 0.5) is 0 Å². The number of carbonyl (C=O) groups is 2. The predicted octanol–water partition coefficient (Wildman–Crippen LogP) is 5.80. The third-order valence-electron chi connectivity index (χ3n) is 8.14. The Morgan fingerprint density at radius 2 is 1.17 bits per heavy atom. The van der Waals surface area contributed by atoms with Gasteiger partial charge in [-0.25, -0.2) is 0 Å². The molecule has 54 heavy (non-hydrogen) atoms. The van der Waals surface area contributed by atoms with E-state index in [9.17, 15) is 9.59 Å². The van der Waals surface area contributed by atoms with Crippen LogP contribution in [-0.4, -0.2) is 91.4 Å². The van der Waals surface area contributed by atoms with Gasteiger partial charge >= 0.3 is 0 Å². The minimum absolute atomic E-state index is 0.0163. The molecule has 0 aliphatic rings. The molecule has 0 atom stereocenters. The normalized spacial score (nSPS) is 11.0. The van der Waals surface area contributed by atoms with Crippen molar-refractivity contribution in [1.29, 1.82) is 0 Å². The van der Waals surface area contributed by atoms with Crippen LogP contribution in [0.3, 0.4) is 0 Å². The molecule has 0 fully saturated rings. The average Bonchev–Trinajstić information content (AvgIpc) is 3.21. The Bertz CT molecular complexity index is 1620. The summed E-state index contributed by atoms with van der Waals surface area (Å²) < 4.78 is 39.2. The summed E-state index contributed by atoms with van der Waals surface area (Å²) in [6.07, 6.45) is 2.81. The van der Waals surface area contributed by atoms with E-state index in [0.29, 0.717) is 116 Å². The van der Waals surface area contributed by atoms with Gasteiger partial charge in [0.1, 0.15) is 19.5 Å². The molecule has 0 bridgehead atoms. The number of rotatable bonds is 29. The summed E-state index contributed by atoms with van der Waals surface area (Å²) in [5, 5.41) is 2.92. The largest absolute Gasteiger partial charge is 0.485 e. The third-order valence-corrected chi connectivity index (χ3v) is 8.14. The molecule has 4 aromatic rings.